The Morgan fingerprint density at radius 1 is 1.29 bits per heavy atom. The molecule has 17 heavy (non-hydrogen) atoms. The maximum absolute atomic E-state index is 10.3. The van der Waals surface area contributed by atoms with Gasteiger partial charge >= 0.3 is 0 Å². The Morgan fingerprint density at radius 3 is 2.59 bits per heavy atom. The van der Waals surface area contributed by atoms with E-state index in [1.54, 1.807) is 6.07 Å². The van der Waals surface area contributed by atoms with Crippen molar-refractivity contribution in [3.05, 3.63) is 51.6 Å². The lowest BCUT2D eigenvalue weighted by molar-refractivity contribution is 0.223. The fraction of sp³-hybridized carbons (Fsp3) is 0.0909. The van der Waals surface area contributed by atoms with Crippen molar-refractivity contribution < 1.29 is 5.11 Å². The summed E-state index contributed by atoms with van der Waals surface area (Å²) < 4.78 is 2.82. The third kappa shape index (κ3) is 3.25. The number of thiophene rings is 1. The highest BCUT2D eigenvalue weighted by molar-refractivity contribution is 14.1. The zero-order chi connectivity index (χ0) is 12.6. The van der Waals surface area contributed by atoms with Crippen LogP contribution in [0.1, 0.15) is 16.5 Å². The Morgan fingerprint density at radius 2 is 2.00 bits per heavy atom. The third-order valence-electron chi connectivity index (χ3n) is 2.19. The van der Waals surface area contributed by atoms with Gasteiger partial charge in [-0.2, -0.15) is 0 Å². The van der Waals surface area contributed by atoms with E-state index < -0.39 is 6.10 Å². The Bertz CT molecular complexity index is 539. The van der Waals surface area contributed by atoms with Gasteiger partial charge in [-0.05, 0) is 62.8 Å². The minimum absolute atomic E-state index is 0.630. The smallest absolute Gasteiger partial charge is 0.114 e. The molecule has 0 aliphatic carbocycles. The van der Waals surface area contributed by atoms with Crippen molar-refractivity contribution >= 4 is 77.4 Å². The molecule has 0 bridgehead atoms. The van der Waals surface area contributed by atoms with E-state index in [1.807, 2.05) is 18.2 Å². The van der Waals surface area contributed by atoms with Crippen molar-refractivity contribution in [1.29, 1.82) is 0 Å². The van der Waals surface area contributed by atoms with Crippen LogP contribution in [-0.2, 0) is 0 Å². The van der Waals surface area contributed by atoms with Gasteiger partial charge in [0.05, 0.1) is 8.81 Å². The van der Waals surface area contributed by atoms with Crippen LogP contribution in [0.5, 0.6) is 0 Å². The summed E-state index contributed by atoms with van der Waals surface area (Å²) in [7, 11) is 0. The normalized spacial score (nSPS) is 12.8. The lowest BCUT2D eigenvalue weighted by Gasteiger charge is -2.11. The first kappa shape index (κ1) is 14.3. The summed E-state index contributed by atoms with van der Waals surface area (Å²) in [6, 6.07) is 7.66. The Kier molecular flexibility index (Phi) is 4.94. The van der Waals surface area contributed by atoms with Gasteiger partial charge in [-0.15, -0.1) is 11.3 Å². The number of rotatable bonds is 2. The number of benzene rings is 1. The molecule has 0 spiro atoms. The Hall–Kier alpha value is 0.860. The largest absolute Gasteiger partial charge is 0.383 e. The van der Waals surface area contributed by atoms with Gasteiger partial charge in [0.15, 0.2) is 0 Å². The van der Waals surface area contributed by atoms with Crippen molar-refractivity contribution in [3.63, 3.8) is 0 Å². The first-order valence-corrected chi connectivity index (χ1v) is 8.42. The number of hydrogen-bond acceptors (Lipinski definition) is 2. The molecule has 0 fully saturated rings. The molecule has 1 unspecified atom stereocenters. The van der Waals surface area contributed by atoms with Crippen LogP contribution in [0.3, 0.4) is 0 Å². The molecule has 2 aromatic rings. The average molecular weight is 508 g/mol. The molecular weight excluding hydrogens is 502 g/mol. The van der Waals surface area contributed by atoms with Gasteiger partial charge in [0.1, 0.15) is 6.10 Å². The van der Waals surface area contributed by atoms with Crippen LogP contribution in [0, 0.1) is 3.57 Å². The topological polar surface area (TPSA) is 20.2 Å². The maximum atomic E-state index is 10.3. The fourth-order valence-corrected chi connectivity index (χ4v) is 4.11. The zero-order valence-electron chi connectivity index (χ0n) is 8.25. The van der Waals surface area contributed by atoms with E-state index in [2.05, 4.69) is 54.5 Å². The molecule has 0 aliphatic heterocycles. The quantitative estimate of drug-likeness (QED) is 0.523. The van der Waals surface area contributed by atoms with E-state index in [0.717, 1.165) is 22.3 Å². The second kappa shape index (κ2) is 5.88. The number of hydrogen-bond donors (Lipinski definition) is 1. The first-order valence-electron chi connectivity index (χ1n) is 4.57. The van der Waals surface area contributed by atoms with Crippen LogP contribution in [0.2, 0.25) is 5.02 Å². The van der Waals surface area contributed by atoms with Gasteiger partial charge in [0.25, 0.3) is 0 Å². The first-order chi connectivity index (χ1) is 7.99. The minimum atomic E-state index is -0.659. The van der Waals surface area contributed by atoms with Crippen molar-refractivity contribution in [1.82, 2.24) is 0 Å². The summed E-state index contributed by atoms with van der Waals surface area (Å²) in [5.41, 5.74) is 0.849. The van der Waals surface area contributed by atoms with E-state index in [1.165, 1.54) is 11.3 Å². The summed E-state index contributed by atoms with van der Waals surface area (Å²) in [6.07, 6.45) is -0.659. The van der Waals surface area contributed by atoms with Crippen LogP contribution in [-0.4, -0.2) is 5.11 Å². The molecule has 1 heterocycles. The van der Waals surface area contributed by atoms with E-state index in [-0.39, 0.29) is 0 Å². The molecule has 90 valence electrons. The van der Waals surface area contributed by atoms with Gasteiger partial charge < -0.3 is 5.11 Å². The lowest BCUT2D eigenvalue weighted by atomic mass is 10.1. The molecule has 1 atom stereocenters. The highest BCUT2D eigenvalue weighted by atomic mass is 127. The summed E-state index contributed by atoms with van der Waals surface area (Å²) in [4.78, 5) is 0.824. The molecule has 0 aliphatic rings. The van der Waals surface area contributed by atoms with Gasteiger partial charge in [-0.1, -0.05) is 27.5 Å². The van der Waals surface area contributed by atoms with Crippen molar-refractivity contribution in [3.8, 4) is 0 Å². The van der Waals surface area contributed by atoms with E-state index in [4.69, 9.17) is 11.6 Å². The average Bonchev–Trinajstić information content (AvgIpc) is 2.62. The monoisotopic (exact) mass is 506 g/mol. The molecular formula is C11H6Br2ClIOS. The van der Waals surface area contributed by atoms with Crippen LogP contribution in [0.15, 0.2) is 32.5 Å². The van der Waals surface area contributed by atoms with Crippen LogP contribution < -0.4 is 0 Å². The van der Waals surface area contributed by atoms with Crippen molar-refractivity contribution in [2.75, 3.05) is 0 Å². The molecule has 0 saturated carbocycles. The predicted molar refractivity (Wildman–Crippen MR) is 87.9 cm³/mol. The molecule has 1 aromatic carbocycles. The van der Waals surface area contributed by atoms with E-state index in [0.29, 0.717) is 5.02 Å². The highest BCUT2D eigenvalue weighted by Gasteiger charge is 2.17. The number of halogens is 4. The highest BCUT2D eigenvalue weighted by Crippen LogP contribution is 2.39. The molecule has 0 saturated heterocycles. The van der Waals surface area contributed by atoms with Crippen LogP contribution >= 0.6 is 77.4 Å². The summed E-state index contributed by atoms with van der Waals surface area (Å²) in [5.74, 6) is 0. The second-order valence-electron chi connectivity index (χ2n) is 3.34. The summed E-state index contributed by atoms with van der Waals surface area (Å²) >= 11 is 16.4. The summed E-state index contributed by atoms with van der Waals surface area (Å²) in [6.45, 7) is 0. The standard InChI is InChI=1S/C11H6Br2ClIOS/c12-7-2-1-5(15)3-6(7)10(16)9-4-8(14)11(13)17-9/h1-4,10,16H. The molecule has 1 N–H and O–H groups in total. The van der Waals surface area contributed by atoms with Crippen molar-refractivity contribution in [2.45, 2.75) is 6.10 Å². The molecule has 1 aromatic heterocycles. The van der Waals surface area contributed by atoms with E-state index >= 15 is 0 Å². The molecule has 0 radical (unpaired) electrons. The van der Waals surface area contributed by atoms with Gasteiger partial charge in [-0.25, -0.2) is 0 Å². The second-order valence-corrected chi connectivity index (χ2v) is 8.25. The van der Waals surface area contributed by atoms with Crippen molar-refractivity contribution in [2.24, 2.45) is 0 Å². The van der Waals surface area contributed by atoms with E-state index in [9.17, 15) is 5.11 Å². The van der Waals surface area contributed by atoms with Gasteiger partial charge in [0, 0.05) is 18.5 Å². The summed E-state index contributed by atoms with van der Waals surface area (Å²) in [5, 5.41) is 11.0. The number of aliphatic hydroxyl groups excluding tert-OH is 1. The molecule has 1 nitrogen and oxygen atoms in total. The lowest BCUT2D eigenvalue weighted by Crippen LogP contribution is -1.98. The Labute approximate surface area is 139 Å². The Balaban J connectivity index is 2.42. The molecule has 6 heteroatoms. The fourth-order valence-electron chi connectivity index (χ4n) is 1.38. The predicted octanol–water partition coefficient (Wildman–Crippen LogP) is 5.61. The molecule has 0 amide bonds. The van der Waals surface area contributed by atoms with Gasteiger partial charge in [-0.3, -0.25) is 0 Å². The maximum Gasteiger partial charge on any atom is 0.114 e. The van der Waals surface area contributed by atoms with Gasteiger partial charge in [0.2, 0.25) is 0 Å². The minimum Gasteiger partial charge on any atom is -0.383 e. The zero-order valence-corrected chi connectivity index (χ0v) is 15.2. The third-order valence-corrected chi connectivity index (χ3v) is 6.11. The van der Waals surface area contributed by atoms with Crippen LogP contribution in [0.4, 0.5) is 0 Å². The molecule has 2 rings (SSSR count). The number of aliphatic hydroxyl groups is 1. The SMILES string of the molecule is OC(c1cc(Cl)c(Br)s1)c1cc(I)ccc1Br. The van der Waals surface area contributed by atoms with Crippen LogP contribution in [0.25, 0.3) is 0 Å².